The number of carbonyl (C=O) groups excluding carboxylic acids is 1. The lowest BCUT2D eigenvalue weighted by Gasteiger charge is -2.14. The van der Waals surface area contributed by atoms with E-state index in [1.807, 2.05) is 6.92 Å². The molecule has 1 rings (SSSR count). The summed E-state index contributed by atoms with van der Waals surface area (Å²) in [6.07, 6.45) is 10.4. The van der Waals surface area contributed by atoms with Crippen LogP contribution in [-0.4, -0.2) is 63.7 Å². The molecule has 0 aliphatic heterocycles. The predicted molar refractivity (Wildman–Crippen MR) is 104 cm³/mol. The van der Waals surface area contributed by atoms with Crippen molar-refractivity contribution in [3.8, 4) is 0 Å². The van der Waals surface area contributed by atoms with Gasteiger partial charge in [-0.15, -0.1) is 0 Å². The first-order valence-electron chi connectivity index (χ1n) is 9.93. The number of amides is 1. The Bertz CT molecular complexity index is 380. The van der Waals surface area contributed by atoms with Gasteiger partial charge in [0.25, 0.3) is 0 Å². The molecule has 0 radical (unpaired) electrons. The molecule has 1 fully saturated rings. The van der Waals surface area contributed by atoms with Gasteiger partial charge in [-0.25, -0.2) is 4.99 Å². The van der Waals surface area contributed by atoms with Crippen LogP contribution in [0.1, 0.15) is 58.3 Å². The molecule has 6 heteroatoms. The summed E-state index contributed by atoms with van der Waals surface area (Å²) in [5, 5.41) is 6.65. The first kappa shape index (κ1) is 21.7. The van der Waals surface area contributed by atoms with Gasteiger partial charge in [-0.2, -0.15) is 0 Å². The molecule has 0 saturated heterocycles. The van der Waals surface area contributed by atoms with Crippen molar-refractivity contribution in [3.63, 3.8) is 0 Å². The van der Waals surface area contributed by atoms with Crippen LogP contribution in [-0.2, 0) is 9.53 Å². The average molecular weight is 355 g/mol. The first-order valence-corrected chi connectivity index (χ1v) is 9.93. The number of hydrogen-bond acceptors (Lipinski definition) is 3. The van der Waals surface area contributed by atoms with Crippen molar-refractivity contribution < 1.29 is 9.53 Å². The van der Waals surface area contributed by atoms with Crippen molar-refractivity contribution in [1.29, 1.82) is 0 Å². The Morgan fingerprint density at radius 1 is 1.12 bits per heavy atom. The molecule has 0 aromatic heterocycles. The van der Waals surface area contributed by atoms with Gasteiger partial charge in [0.1, 0.15) is 6.54 Å². The van der Waals surface area contributed by atoms with Gasteiger partial charge in [-0.1, -0.05) is 38.5 Å². The van der Waals surface area contributed by atoms with Crippen molar-refractivity contribution in [2.24, 2.45) is 10.9 Å². The Morgan fingerprint density at radius 2 is 1.80 bits per heavy atom. The summed E-state index contributed by atoms with van der Waals surface area (Å²) >= 11 is 0. The van der Waals surface area contributed by atoms with E-state index in [9.17, 15) is 4.79 Å². The lowest BCUT2D eigenvalue weighted by Crippen LogP contribution is -2.39. The van der Waals surface area contributed by atoms with E-state index in [-0.39, 0.29) is 12.5 Å². The molecule has 6 nitrogen and oxygen atoms in total. The summed E-state index contributed by atoms with van der Waals surface area (Å²) < 4.78 is 5.35. The van der Waals surface area contributed by atoms with Crippen LogP contribution >= 0.6 is 0 Å². The second kappa shape index (κ2) is 13.9. The number of unbranched alkanes of at least 4 members (excludes halogenated alkanes) is 1. The molecule has 0 spiro atoms. The Morgan fingerprint density at radius 3 is 2.44 bits per heavy atom. The molecule has 1 aliphatic carbocycles. The minimum Gasteiger partial charge on any atom is -0.382 e. The maximum Gasteiger partial charge on any atom is 0.243 e. The van der Waals surface area contributed by atoms with Crippen molar-refractivity contribution in [2.45, 2.75) is 58.3 Å². The molecule has 0 heterocycles. The minimum absolute atomic E-state index is 0.0108. The van der Waals surface area contributed by atoms with Crippen LogP contribution in [0.3, 0.4) is 0 Å². The van der Waals surface area contributed by atoms with Crippen molar-refractivity contribution in [3.05, 3.63) is 0 Å². The first-order chi connectivity index (χ1) is 12.1. The number of nitrogens with zero attached hydrogens (tertiary/aromatic N) is 2. The molecule has 1 aliphatic rings. The highest BCUT2D eigenvalue weighted by molar-refractivity contribution is 5.84. The monoisotopic (exact) mass is 354 g/mol. The van der Waals surface area contributed by atoms with Gasteiger partial charge in [0.15, 0.2) is 5.96 Å². The number of rotatable bonds is 12. The van der Waals surface area contributed by atoms with E-state index in [2.05, 4.69) is 15.6 Å². The Hall–Kier alpha value is -1.30. The Balaban J connectivity index is 2.25. The molecular formula is C19H38N4O2. The summed E-state index contributed by atoms with van der Waals surface area (Å²) in [4.78, 5) is 17.7. The third-order valence-corrected chi connectivity index (χ3v) is 4.64. The van der Waals surface area contributed by atoms with Crippen LogP contribution in [0.15, 0.2) is 4.99 Å². The highest BCUT2D eigenvalue weighted by atomic mass is 16.5. The maximum atomic E-state index is 11.7. The number of nitrogens with one attached hydrogen (secondary N) is 2. The number of likely N-dealkylation sites (N-methyl/N-ethyl adjacent to an activating group) is 1. The van der Waals surface area contributed by atoms with E-state index in [1.165, 1.54) is 38.5 Å². The topological polar surface area (TPSA) is 66.0 Å². The number of aliphatic imine (C=N–C) groups is 1. The summed E-state index contributed by atoms with van der Waals surface area (Å²) in [5.74, 6) is 1.70. The maximum absolute atomic E-state index is 11.7. The molecule has 0 atom stereocenters. The van der Waals surface area contributed by atoms with Crippen LogP contribution in [0, 0.1) is 5.92 Å². The molecule has 0 bridgehead atoms. The highest BCUT2D eigenvalue weighted by Gasteiger charge is 2.13. The molecule has 146 valence electrons. The van der Waals surface area contributed by atoms with E-state index >= 15 is 0 Å². The van der Waals surface area contributed by atoms with Crippen LogP contribution in [0.25, 0.3) is 0 Å². The zero-order chi connectivity index (χ0) is 18.3. The Kier molecular flexibility index (Phi) is 12.1. The van der Waals surface area contributed by atoms with Gasteiger partial charge in [0.2, 0.25) is 5.91 Å². The van der Waals surface area contributed by atoms with Crippen LogP contribution in [0.5, 0.6) is 0 Å². The second-order valence-electron chi connectivity index (χ2n) is 7.00. The molecule has 1 amide bonds. The standard InChI is InChI=1S/C19H38N4O2/c1-4-25-15-9-14-21-19(22-16-18(24)23(2)3)20-13-8-7-12-17-10-5-6-11-17/h17H,4-16H2,1-3H3,(H2,20,21,22). The third-order valence-electron chi connectivity index (χ3n) is 4.64. The SMILES string of the molecule is CCOCCCNC(=NCC(=O)N(C)C)NCCCCC1CCCC1. The number of carbonyl (C=O) groups is 1. The fraction of sp³-hybridized carbons (Fsp3) is 0.895. The summed E-state index contributed by atoms with van der Waals surface area (Å²) in [7, 11) is 3.51. The molecule has 1 saturated carbocycles. The number of guanidine groups is 1. The molecule has 0 aromatic rings. The molecular weight excluding hydrogens is 316 g/mol. The predicted octanol–water partition coefficient (Wildman–Crippen LogP) is 2.40. The zero-order valence-corrected chi connectivity index (χ0v) is 16.5. The third kappa shape index (κ3) is 11.0. The molecule has 0 unspecified atom stereocenters. The average Bonchev–Trinajstić information content (AvgIpc) is 3.11. The van der Waals surface area contributed by atoms with E-state index < -0.39 is 0 Å². The summed E-state index contributed by atoms with van der Waals surface area (Å²) in [6.45, 7) is 5.37. The summed E-state index contributed by atoms with van der Waals surface area (Å²) in [6, 6.07) is 0. The molecule has 0 aromatic carbocycles. The smallest absolute Gasteiger partial charge is 0.243 e. The fourth-order valence-electron chi connectivity index (χ4n) is 3.05. The highest BCUT2D eigenvalue weighted by Crippen LogP contribution is 2.28. The lowest BCUT2D eigenvalue weighted by atomic mass is 10.0. The van der Waals surface area contributed by atoms with Crippen LogP contribution < -0.4 is 10.6 Å². The van der Waals surface area contributed by atoms with E-state index in [1.54, 1.807) is 19.0 Å². The van der Waals surface area contributed by atoms with E-state index in [0.717, 1.165) is 51.0 Å². The lowest BCUT2D eigenvalue weighted by molar-refractivity contribution is -0.127. The normalized spacial score (nSPS) is 15.4. The Labute approximate surface area is 153 Å². The summed E-state index contributed by atoms with van der Waals surface area (Å²) in [5.41, 5.74) is 0. The molecule has 2 N–H and O–H groups in total. The van der Waals surface area contributed by atoms with Gasteiger partial charge < -0.3 is 20.3 Å². The van der Waals surface area contributed by atoms with Crippen LogP contribution in [0.4, 0.5) is 0 Å². The van der Waals surface area contributed by atoms with E-state index in [0.29, 0.717) is 0 Å². The van der Waals surface area contributed by atoms with Gasteiger partial charge in [0.05, 0.1) is 0 Å². The largest absolute Gasteiger partial charge is 0.382 e. The second-order valence-corrected chi connectivity index (χ2v) is 7.00. The molecule has 25 heavy (non-hydrogen) atoms. The van der Waals surface area contributed by atoms with Crippen molar-refractivity contribution in [2.75, 3.05) is 46.9 Å². The van der Waals surface area contributed by atoms with Gasteiger partial charge in [0, 0.05) is 40.4 Å². The van der Waals surface area contributed by atoms with Crippen molar-refractivity contribution >= 4 is 11.9 Å². The quantitative estimate of drug-likeness (QED) is 0.321. The number of hydrogen-bond donors (Lipinski definition) is 2. The van der Waals surface area contributed by atoms with E-state index in [4.69, 9.17) is 4.74 Å². The van der Waals surface area contributed by atoms with Crippen molar-refractivity contribution in [1.82, 2.24) is 15.5 Å². The van der Waals surface area contributed by atoms with Gasteiger partial charge >= 0.3 is 0 Å². The minimum atomic E-state index is 0.0108. The van der Waals surface area contributed by atoms with Crippen LogP contribution in [0.2, 0.25) is 0 Å². The fourth-order valence-corrected chi connectivity index (χ4v) is 3.05. The number of ether oxygens (including phenoxy) is 1. The van der Waals surface area contributed by atoms with Gasteiger partial charge in [-0.05, 0) is 25.7 Å². The van der Waals surface area contributed by atoms with Gasteiger partial charge in [-0.3, -0.25) is 4.79 Å². The zero-order valence-electron chi connectivity index (χ0n) is 16.5.